The van der Waals surface area contributed by atoms with Gasteiger partial charge < -0.3 is 20.1 Å². The Labute approximate surface area is 196 Å². The summed E-state index contributed by atoms with van der Waals surface area (Å²) in [6.45, 7) is 2.47. The molecule has 2 aromatic rings. The SMILES string of the molecule is C/C=C/C(=O)C(F)(F)CN(c1nc(Nc2ccc(C(=O)O)cc2OC)ncc1C)C1CCCC1. The average Bonchev–Trinajstić information content (AvgIpc) is 3.34. The van der Waals surface area contributed by atoms with Crippen LogP contribution >= 0.6 is 0 Å². The molecule has 3 rings (SSSR count). The molecule has 10 heteroatoms. The molecule has 34 heavy (non-hydrogen) atoms. The zero-order valence-corrected chi connectivity index (χ0v) is 19.3. The van der Waals surface area contributed by atoms with Crippen molar-refractivity contribution in [1.29, 1.82) is 0 Å². The van der Waals surface area contributed by atoms with E-state index in [1.807, 2.05) is 0 Å². The van der Waals surface area contributed by atoms with Crippen molar-refractivity contribution in [1.82, 2.24) is 9.97 Å². The van der Waals surface area contributed by atoms with Crippen LogP contribution in [0.3, 0.4) is 0 Å². The van der Waals surface area contributed by atoms with E-state index < -0.39 is 24.2 Å². The minimum atomic E-state index is -3.57. The Hall–Kier alpha value is -3.56. The van der Waals surface area contributed by atoms with Crippen LogP contribution in [-0.4, -0.2) is 52.4 Å². The molecule has 0 spiro atoms. The van der Waals surface area contributed by atoms with E-state index >= 15 is 0 Å². The number of allylic oxidation sites excluding steroid dienone is 2. The van der Waals surface area contributed by atoms with Crippen molar-refractivity contribution in [3.8, 4) is 5.75 Å². The highest BCUT2D eigenvalue weighted by Crippen LogP contribution is 2.34. The number of carbonyl (C=O) groups excluding carboxylic acids is 1. The van der Waals surface area contributed by atoms with Gasteiger partial charge in [-0.3, -0.25) is 4.79 Å². The third-order valence-electron chi connectivity index (χ3n) is 5.72. The maximum Gasteiger partial charge on any atom is 0.335 e. The fraction of sp³-hybridized carbons (Fsp3) is 0.417. The lowest BCUT2D eigenvalue weighted by Crippen LogP contribution is -2.46. The van der Waals surface area contributed by atoms with Gasteiger partial charge in [-0.25, -0.2) is 9.78 Å². The molecule has 1 saturated carbocycles. The monoisotopic (exact) mass is 474 g/mol. The fourth-order valence-corrected chi connectivity index (χ4v) is 3.99. The van der Waals surface area contributed by atoms with E-state index in [1.54, 1.807) is 6.92 Å². The number of halogens is 2. The number of carbonyl (C=O) groups is 2. The number of rotatable bonds is 10. The number of anilines is 3. The van der Waals surface area contributed by atoms with Gasteiger partial charge in [0.1, 0.15) is 11.6 Å². The van der Waals surface area contributed by atoms with E-state index in [-0.39, 0.29) is 23.3 Å². The Kier molecular flexibility index (Phi) is 7.80. The summed E-state index contributed by atoms with van der Waals surface area (Å²) < 4.78 is 34.9. The number of aromatic nitrogens is 2. The molecule has 1 aliphatic carbocycles. The first kappa shape index (κ1) is 25.1. The summed E-state index contributed by atoms with van der Waals surface area (Å²) >= 11 is 0. The van der Waals surface area contributed by atoms with Crippen LogP contribution in [0.15, 0.2) is 36.5 Å². The van der Waals surface area contributed by atoms with Gasteiger partial charge in [-0.2, -0.15) is 13.8 Å². The molecular weight excluding hydrogens is 446 g/mol. The number of aryl methyl sites for hydroxylation is 1. The summed E-state index contributed by atoms with van der Waals surface area (Å²) in [4.78, 5) is 33.5. The van der Waals surface area contributed by atoms with E-state index in [2.05, 4.69) is 15.3 Å². The van der Waals surface area contributed by atoms with Crippen molar-refractivity contribution < 1.29 is 28.2 Å². The Morgan fingerprint density at radius 3 is 2.65 bits per heavy atom. The minimum absolute atomic E-state index is 0.0494. The summed E-state index contributed by atoms with van der Waals surface area (Å²) in [5, 5.41) is 12.2. The van der Waals surface area contributed by atoms with Crippen LogP contribution < -0.4 is 15.0 Å². The number of methoxy groups -OCH3 is 1. The summed E-state index contributed by atoms with van der Waals surface area (Å²) in [5.74, 6) is -5.20. The van der Waals surface area contributed by atoms with E-state index in [0.29, 0.717) is 17.1 Å². The van der Waals surface area contributed by atoms with Crippen molar-refractivity contribution in [2.75, 3.05) is 23.9 Å². The van der Waals surface area contributed by atoms with Crippen LogP contribution in [0, 0.1) is 6.92 Å². The molecule has 0 saturated heterocycles. The number of alkyl halides is 2. The molecule has 0 atom stereocenters. The molecule has 1 heterocycles. The molecule has 1 aliphatic rings. The number of ketones is 1. The van der Waals surface area contributed by atoms with Gasteiger partial charge in [-0.15, -0.1) is 0 Å². The molecule has 0 radical (unpaired) electrons. The number of nitrogens with one attached hydrogen (secondary N) is 1. The number of aromatic carboxylic acids is 1. The lowest BCUT2D eigenvalue weighted by molar-refractivity contribution is -0.136. The molecular formula is C24H28F2N4O4. The van der Waals surface area contributed by atoms with Crippen LogP contribution in [0.25, 0.3) is 0 Å². The number of hydrogen-bond acceptors (Lipinski definition) is 7. The molecule has 1 aromatic heterocycles. The van der Waals surface area contributed by atoms with E-state index in [0.717, 1.165) is 31.8 Å². The highest BCUT2D eigenvalue weighted by molar-refractivity contribution is 5.96. The van der Waals surface area contributed by atoms with Crippen LogP contribution in [0.1, 0.15) is 48.5 Å². The van der Waals surface area contributed by atoms with Crippen LogP contribution in [0.5, 0.6) is 5.75 Å². The molecule has 182 valence electrons. The van der Waals surface area contributed by atoms with Gasteiger partial charge in [0.25, 0.3) is 0 Å². The first-order valence-electron chi connectivity index (χ1n) is 11.0. The third kappa shape index (κ3) is 5.67. The first-order chi connectivity index (χ1) is 16.2. The zero-order valence-electron chi connectivity index (χ0n) is 19.3. The van der Waals surface area contributed by atoms with Crippen molar-refractivity contribution in [3.63, 3.8) is 0 Å². The second-order valence-corrected chi connectivity index (χ2v) is 8.18. The van der Waals surface area contributed by atoms with Crippen molar-refractivity contribution in [2.24, 2.45) is 0 Å². The average molecular weight is 475 g/mol. The van der Waals surface area contributed by atoms with E-state index in [1.165, 1.54) is 49.4 Å². The molecule has 0 aliphatic heterocycles. The Balaban J connectivity index is 1.96. The number of nitrogens with zero attached hydrogens (tertiary/aromatic N) is 3. The van der Waals surface area contributed by atoms with Gasteiger partial charge >= 0.3 is 11.9 Å². The largest absolute Gasteiger partial charge is 0.495 e. The Bertz CT molecular complexity index is 1080. The van der Waals surface area contributed by atoms with Crippen molar-refractivity contribution >= 4 is 29.2 Å². The predicted molar refractivity (Wildman–Crippen MR) is 124 cm³/mol. The van der Waals surface area contributed by atoms with Gasteiger partial charge in [0.05, 0.1) is 24.9 Å². The van der Waals surface area contributed by atoms with Gasteiger partial charge in [0.2, 0.25) is 11.7 Å². The van der Waals surface area contributed by atoms with Crippen LogP contribution in [0.4, 0.5) is 26.2 Å². The summed E-state index contributed by atoms with van der Waals surface area (Å²) in [7, 11) is 1.40. The molecule has 0 amide bonds. The first-order valence-corrected chi connectivity index (χ1v) is 11.0. The smallest absolute Gasteiger partial charge is 0.335 e. The van der Waals surface area contributed by atoms with E-state index in [4.69, 9.17) is 4.74 Å². The van der Waals surface area contributed by atoms with Crippen LogP contribution in [-0.2, 0) is 4.79 Å². The summed E-state index contributed by atoms with van der Waals surface area (Å²) in [6, 6.07) is 4.11. The standard InChI is InChI=1S/C24H28F2N4O4/c1-4-7-20(31)24(25,26)14-30(17-8-5-6-9-17)21-15(2)13-27-23(29-21)28-18-11-10-16(22(32)33)12-19(18)34-3/h4,7,10-13,17H,5-6,8-9,14H2,1-3H3,(H,32,33)(H,27,28,29)/b7-4+. The fourth-order valence-electron chi connectivity index (χ4n) is 3.99. The number of hydrogen-bond donors (Lipinski definition) is 2. The predicted octanol–water partition coefficient (Wildman–Crippen LogP) is 4.76. The highest BCUT2D eigenvalue weighted by atomic mass is 19.3. The van der Waals surface area contributed by atoms with Crippen molar-refractivity contribution in [3.05, 3.63) is 47.7 Å². The van der Waals surface area contributed by atoms with Gasteiger partial charge in [0, 0.05) is 17.8 Å². The van der Waals surface area contributed by atoms with Crippen molar-refractivity contribution in [2.45, 2.75) is 51.5 Å². The molecule has 0 unspecified atom stereocenters. The molecule has 1 fully saturated rings. The van der Waals surface area contributed by atoms with Crippen LogP contribution in [0.2, 0.25) is 0 Å². The lowest BCUT2D eigenvalue weighted by atomic mass is 10.1. The number of carboxylic acid groups (broad SMARTS) is 1. The Morgan fingerprint density at radius 2 is 2.03 bits per heavy atom. The molecule has 0 bridgehead atoms. The maximum atomic E-state index is 14.8. The molecule has 2 N–H and O–H groups in total. The molecule has 1 aromatic carbocycles. The number of ether oxygens (including phenoxy) is 1. The Morgan fingerprint density at radius 1 is 1.32 bits per heavy atom. The zero-order chi connectivity index (χ0) is 24.9. The number of carboxylic acids is 1. The topological polar surface area (TPSA) is 105 Å². The minimum Gasteiger partial charge on any atom is -0.495 e. The second-order valence-electron chi connectivity index (χ2n) is 8.18. The van der Waals surface area contributed by atoms with Gasteiger partial charge in [-0.05, 0) is 51.0 Å². The summed E-state index contributed by atoms with van der Waals surface area (Å²) in [6.07, 6.45) is 7.00. The second kappa shape index (κ2) is 10.6. The normalized spacial score (nSPS) is 14.4. The summed E-state index contributed by atoms with van der Waals surface area (Å²) in [5.41, 5.74) is 1.07. The lowest BCUT2D eigenvalue weighted by Gasteiger charge is -2.33. The maximum absolute atomic E-state index is 14.8. The third-order valence-corrected chi connectivity index (χ3v) is 5.72. The number of benzene rings is 1. The molecule has 8 nitrogen and oxygen atoms in total. The quantitative estimate of drug-likeness (QED) is 0.475. The van der Waals surface area contributed by atoms with Gasteiger partial charge in [0.15, 0.2) is 0 Å². The van der Waals surface area contributed by atoms with E-state index in [9.17, 15) is 23.5 Å². The van der Waals surface area contributed by atoms with Gasteiger partial charge in [-0.1, -0.05) is 18.9 Å². The highest BCUT2D eigenvalue weighted by Gasteiger charge is 2.41.